The Labute approximate surface area is 186 Å². The first kappa shape index (κ1) is 23.7. The zero-order chi connectivity index (χ0) is 23.3. The van der Waals surface area contributed by atoms with Gasteiger partial charge in [0.15, 0.2) is 0 Å². The van der Waals surface area contributed by atoms with Crippen LogP contribution in [0.5, 0.6) is 0 Å². The molecular weight excluding hydrogens is 438 g/mol. The molecule has 1 unspecified atom stereocenters. The fourth-order valence-electron chi connectivity index (χ4n) is 4.23. The van der Waals surface area contributed by atoms with Gasteiger partial charge in [0.05, 0.1) is 36.7 Å². The first-order chi connectivity index (χ1) is 14.9. The van der Waals surface area contributed by atoms with Gasteiger partial charge < -0.3 is 23.1 Å². The Morgan fingerprint density at radius 1 is 1.28 bits per heavy atom. The number of nitrogens with zero attached hydrogens (tertiary/aromatic N) is 1. The van der Waals surface area contributed by atoms with E-state index in [4.69, 9.17) is 23.1 Å². The Morgan fingerprint density at radius 3 is 2.62 bits per heavy atom. The lowest BCUT2D eigenvalue weighted by atomic mass is 9.90. The molecule has 3 aliphatic heterocycles. The molecule has 0 spiro atoms. The van der Waals surface area contributed by atoms with E-state index in [9.17, 15) is 14.2 Å². The van der Waals surface area contributed by atoms with E-state index in [-0.39, 0.29) is 37.3 Å². The third-order valence-corrected chi connectivity index (χ3v) is 8.80. The molecule has 176 valence electrons. The topological polar surface area (TPSA) is 118 Å². The molecule has 3 aliphatic rings. The number of aromatic amines is 1. The molecule has 5 atom stereocenters. The maximum Gasteiger partial charge on any atom is 0.486 e. The molecule has 0 aliphatic carbocycles. The van der Waals surface area contributed by atoms with Crippen molar-refractivity contribution in [3.63, 3.8) is 0 Å². The molecule has 4 heterocycles. The van der Waals surface area contributed by atoms with E-state index in [2.05, 4.69) is 4.98 Å². The summed E-state index contributed by atoms with van der Waals surface area (Å²) in [4.78, 5) is 25.7. The highest BCUT2D eigenvalue weighted by molar-refractivity contribution is 7.53. The first-order valence-electron chi connectivity index (χ1n) is 10.8. The summed E-state index contributed by atoms with van der Waals surface area (Å²) in [5.41, 5.74) is -1.87. The molecule has 0 amide bonds. The normalized spacial score (nSPS) is 36.0. The average molecular weight is 468 g/mol. The van der Waals surface area contributed by atoms with Crippen molar-refractivity contribution in [1.29, 1.82) is 0 Å². The van der Waals surface area contributed by atoms with E-state index in [0.717, 1.165) is 0 Å². The quantitative estimate of drug-likeness (QED) is 0.516. The van der Waals surface area contributed by atoms with E-state index >= 15 is 0 Å². The van der Waals surface area contributed by atoms with Crippen molar-refractivity contribution in [2.45, 2.75) is 58.2 Å². The summed E-state index contributed by atoms with van der Waals surface area (Å²) in [5, 5.41) is 0. The number of H-pyrrole nitrogens is 1. The van der Waals surface area contributed by atoms with Gasteiger partial charge in [-0.25, -0.2) is 4.79 Å². The van der Waals surface area contributed by atoms with Crippen molar-refractivity contribution in [2.75, 3.05) is 19.4 Å². The highest BCUT2D eigenvalue weighted by Gasteiger charge is 2.51. The summed E-state index contributed by atoms with van der Waals surface area (Å²) < 4.78 is 43.5. The second kappa shape index (κ2) is 8.38. The van der Waals surface area contributed by atoms with E-state index in [1.54, 1.807) is 12.1 Å². The SMILES string of the molecule is CC1[C@H](n2ccc(=O)[nH]c2=O)O[C@@H]2CO[P@](=O)(OC/C=C/B3OC(C)(C)C(C)(C)O3)C[C@@H]12. The number of nitrogens with one attached hydrogen (secondary N) is 1. The predicted molar refractivity (Wildman–Crippen MR) is 117 cm³/mol. The lowest BCUT2D eigenvalue weighted by molar-refractivity contribution is -0.0396. The van der Waals surface area contributed by atoms with Crippen LogP contribution in [-0.4, -0.2) is 53.4 Å². The van der Waals surface area contributed by atoms with Crippen LogP contribution >= 0.6 is 7.60 Å². The number of ether oxygens (including phenoxy) is 1. The van der Waals surface area contributed by atoms with Crippen LogP contribution in [-0.2, 0) is 27.7 Å². The highest BCUT2D eigenvalue weighted by atomic mass is 31.2. The van der Waals surface area contributed by atoms with Gasteiger partial charge in [0, 0.05) is 24.1 Å². The molecule has 10 nitrogen and oxygen atoms in total. The fraction of sp³-hybridized carbons (Fsp3) is 0.700. The first-order valence-corrected chi connectivity index (χ1v) is 12.5. The third kappa shape index (κ3) is 4.47. The molecule has 32 heavy (non-hydrogen) atoms. The van der Waals surface area contributed by atoms with E-state index < -0.39 is 43.4 Å². The molecule has 12 heteroatoms. The van der Waals surface area contributed by atoms with Crippen molar-refractivity contribution < 1.29 is 27.7 Å². The highest BCUT2D eigenvalue weighted by Crippen LogP contribution is 2.58. The van der Waals surface area contributed by atoms with Crippen molar-refractivity contribution >= 4 is 14.7 Å². The maximum absolute atomic E-state index is 13.2. The Morgan fingerprint density at radius 2 is 1.97 bits per heavy atom. The maximum atomic E-state index is 13.2. The van der Waals surface area contributed by atoms with Crippen molar-refractivity contribution in [1.82, 2.24) is 9.55 Å². The van der Waals surface area contributed by atoms with Gasteiger partial charge in [0.1, 0.15) is 6.23 Å². The van der Waals surface area contributed by atoms with E-state index in [0.29, 0.717) is 0 Å². The largest absolute Gasteiger partial charge is 0.486 e. The second-order valence-electron chi connectivity index (χ2n) is 9.54. The molecule has 1 aromatic heterocycles. The lowest BCUT2D eigenvalue weighted by Gasteiger charge is -2.32. The molecular formula is C20H30BN2O8P. The molecule has 0 aromatic carbocycles. The third-order valence-electron chi connectivity index (χ3n) is 6.84. The minimum Gasteiger partial charge on any atom is -0.400 e. The number of aromatic nitrogens is 2. The van der Waals surface area contributed by atoms with Crippen molar-refractivity contribution in [2.24, 2.45) is 11.8 Å². The van der Waals surface area contributed by atoms with Gasteiger partial charge in [-0.05, 0) is 27.7 Å². The van der Waals surface area contributed by atoms with Gasteiger partial charge in [0.2, 0.25) is 0 Å². The monoisotopic (exact) mass is 468 g/mol. The Kier molecular flexibility index (Phi) is 6.20. The van der Waals surface area contributed by atoms with Gasteiger partial charge in [-0.15, -0.1) is 0 Å². The summed E-state index contributed by atoms with van der Waals surface area (Å²) in [6.45, 7) is 10.0. The minimum absolute atomic E-state index is 0.0940. The summed E-state index contributed by atoms with van der Waals surface area (Å²) in [6, 6.07) is 1.27. The molecule has 1 aromatic rings. The average Bonchev–Trinajstić information content (AvgIpc) is 3.11. The zero-order valence-corrected chi connectivity index (χ0v) is 19.9. The summed E-state index contributed by atoms with van der Waals surface area (Å²) in [5.74, 6) is 1.52. The van der Waals surface area contributed by atoms with Crippen LogP contribution in [0.25, 0.3) is 0 Å². The van der Waals surface area contributed by atoms with Crippen LogP contribution in [0, 0.1) is 11.8 Å². The Bertz CT molecular complexity index is 1030. The number of fused-ring (bicyclic) bond motifs is 1. The Hall–Kier alpha value is -1.49. The van der Waals surface area contributed by atoms with Crippen molar-refractivity contribution in [3.8, 4) is 0 Å². The summed E-state index contributed by atoms with van der Waals surface area (Å²) in [7, 11) is -3.83. The van der Waals surface area contributed by atoms with Crippen molar-refractivity contribution in [3.05, 3.63) is 45.2 Å². The molecule has 3 fully saturated rings. The molecule has 0 saturated carbocycles. The molecule has 1 N–H and O–H groups in total. The smallest absolute Gasteiger partial charge is 0.400 e. The minimum atomic E-state index is -3.33. The standard InChI is InChI=1S/C20H30BN2O8P/c1-13-14-12-32(26,27-10-6-8-21-30-19(2,3)20(4,5)31-21)28-11-15(14)29-17(13)23-9-7-16(24)22-18(23)25/h6-9,13-15,17H,10-12H2,1-5H3,(H,22,24,25)/b8-6+/t13?,14-,15+,17+,32+/m0/s1. The van der Waals surface area contributed by atoms with Crippen LogP contribution in [0.3, 0.4) is 0 Å². The molecule has 0 bridgehead atoms. The number of rotatable bonds is 5. The van der Waals surface area contributed by atoms with E-state index in [1.165, 1.54) is 16.8 Å². The van der Waals surface area contributed by atoms with Gasteiger partial charge in [-0.1, -0.05) is 19.0 Å². The van der Waals surface area contributed by atoms with Gasteiger partial charge in [-0.2, -0.15) is 0 Å². The number of hydrogen-bond donors (Lipinski definition) is 1. The second-order valence-corrected chi connectivity index (χ2v) is 11.6. The van der Waals surface area contributed by atoms with E-state index in [1.807, 2.05) is 34.6 Å². The molecule has 3 saturated heterocycles. The fourth-order valence-corrected chi connectivity index (χ4v) is 6.28. The summed E-state index contributed by atoms with van der Waals surface area (Å²) in [6.07, 6.45) is 2.44. The van der Waals surface area contributed by atoms with Crippen LogP contribution < -0.4 is 11.2 Å². The zero-order valence-electron chi connectivity index (χ0n) is 19.0. The Balaban J connectivity index is 1.35. The van der Waals surface area contributed by atoms with Gasteiger partial charge in [0.25, 0.3) is 5.56 Å². The van der Waals surface area contributed by atoms with Crippen LogP contribution in [0.4, 0.5) is 0 Å². The van der Waals surface area contributed by atoms with Gasteiger partial charge in [-0.3, -0.25) is 18.9 Å². The van der Waals surface area contributed by atoms with Gasteiger partial charge >= 0.3 is 20.4 Å². The predicted octanol–water partition coefficient (Wildman–Crippen LogP) is 2.11. The molecule has 0 radical (unpaired) electrons. The van der Waals surface area contributed by atoms with Crippen LogP contribution in [0.1, 0.15) is 40.8 Å². The number of hydrogen-bond acceptors (Lipinski definition) is 8. The summed E-state index contributed by atoms with van der Waals surface area (Å²) >= 11 is 0. The van der Waals surface area contributed by atoms with Crippen LogP contribution in [0.15, 0.2) is 33.9 Å². The lowest BCUT2D eigenvalue weighted by Crippen LogP contribution is -2.41. The molecule has 4 rings (SSSR count). The van der Waals surface area contributed by atoms with Crippen LogP contribution in [0.2, 0.25) is 0 Å².